The van der Waals surface area contributed by atoms with Gasteiger partial charge in [-0.3, -0.25) is 9.59 Å². The van der Waals surface area contributed by atoms with Gasteiger partial charge in [-0.25, -0.2) is 4.98 Å². The molecule has 1 aliphatic carbocycles. The van der Waals surface area contributed by atoms with Gasteiger partial charge >= 0.3 is 0 Å². The Kier molecular flexibility index (Phi) is 4.04. The molecule has 0 spiro atoms. The summed E-state index contributed by atoms with van der Waals surface area (Å²) in [6, 6.07) is 3.46. The molecule has 0 saturated heterocycles. The number of amides is 2. The topological polar surface area (TPSA) is 62.3 Å². The summed E-state index contributed by atoms with van der Waals surface area (Å²) in [5, 5.41) is 3.12. The summed E-state index contributed by atoms with van der Waals surface area (Å²) in [5.74, 6) is -0.367. The predicted molar refractivity (Wildman–Crippen MR) is 72.1 cm³/mol. The maximum atomic E-state index is 12.1. The second-order valence-corrected chi connectivity index (χ2v) is 5.21. The molecule has 0 bridgehead atoms. The molecule has 1 fully saturated rings. The molecule has 0 radical (unpaired) electrons. The van der Waals surface area contributed by atoms with Gasteiger partial charge < -0.3 is 10.2 Å². The summed E-state index contributed by atoms with van der Waals surface area (Å²) >= 11 is 5.82. The minimum Gasteiger partial charge on any atom is -0.352 e. The fourth-order valence-corrected chi connectivity index (χ4v) is 2.01. The first-order valence-electron chi connectivity index (χ1n) is 6.14. The third-order valence-corrected chi connectivity index (χ3v) is 3.03. The minimum absolute atomic E-state index is 0.0499. The molecule has 0 aliphatic heterocycles. The lowest BCUT2D eigenvalue weighted by Gasteiger charge is -2.17. The van der Waals surface area contributed by atoms with Gasteiger partial charge in [-0.05, 0) is 31.9 Å². The Hall–Kier alpha value is -1.62. The molecule has 0 unspecified atom stereocenters. The monoisotopic (exact) mass is 281 g/mol. The standard InChI is InChI=1S/C13H16ClN3O2/c1-8-5-9(6-11(14)15-8)13(19)17(2)7-12(18)16-10-3-4-10/h5-6,10H,3-4,7H2,1-2H3,(H,16,18). The molecule has 102 valence electrons. The molecule has 1 aliphatic rings. The summed E-state index contributed by atoms with van der Waals surface area (Å²) in [7, 11) is 1.60. The van der Waals surface area contributed by atoms with Crippen LogP contribution in [0.5, 0.6) is 0 Å². The zero-order valence-corrected chi connectivity index (χ0v) is 11.7. The van der Waals surface area contributed by atoms with E-state index in [1.54, 1.807) is 20.0 Å². The van der Waals surface area contributed by atoms with Crippen molar-refractivity contribution in [2.24, 2.45) is 0 Å². The van der Waals surface area contributed by atoms with E-state index >= 15 is 0 Å². The first-order chi connectivity index (χ1) is 8.95. The number of hydrogen-bond donors (Lipinski definition) is 1. The number of nitrogens with zero attached hydrogens (tertiary/aromatic N) is 2. The number of pyridine rings is 1. The molecule has 0 aromatic carbocycles. The maximum Gasteiger partial charge on any atom is 0.254 e. The summed E-state index contributed by atoms with van der Waals surface area (Å²) in [5.41, 5.74) is 1.12. The Morgan fingerprint density at radius 1 is 1.47 bits per heavy atom. The van der Waals surface area contributed by atoms with Crippen LogP contribution in [0.25, 0.3) is 0 Å². The molecular formula is C13H16ClN3O2. The first-order valence-corrected chi connectivity index (χ1v) is 6.52. The van der Waals surface area contributed by atoms with Gasteiger partial charge in [-0.15, -0.1) is 0 Å². The van der Waals surface area contributed by atoms with E-state index in [9.17, 15) is 9.59 Å². The summed E-state index contributed by atoms with van der Waals surface area (Å²) < 4.78 is 0. The van der Waals surface area contributed by atoms with Gasteiger partial charge in [0, 0.05) is 24.3 Å². The van der Waals surface area contributed by atoms with Crippen LogP contribution in [-0.4, -0.2) is 41.3 Å². The van der Waals surface area contributed by atoms with Crippen LogP contribution < -0.4 is 5.32 Å². The molecule has 1 aromatic rings. The number of hydrogen-bond acceptors (Lipinski definition) is 3. The zero-order valence-electron chi connectivity index (χ0n) is 10.9. The van der Waals surface area contributed by atoms with E-state index in [1.807, 2.05) is 0 Å². The number of aryl methyl sites for hydroxylation is 1. The third-order valence-electron chi connectivity index (χ3n) is 2.84. The van der Waals surface area contributed by atoms with Crippen LogP contribution in [0, 0.1) is 6.92 Å². The van der Waals surface area contributed by atoms with Crippen molar-refractivity contribution in [1.29, 1.82) is 0 Å². The first kappa shape index (κ1) is 13.8. The summed E-state index contributed by atoms with van der Waals surface area (Å²) in [6.45, 7) is 1.82. The summed E-state index contributed by atoms with van der Waals surface area (Å²) in [4.78, 5) is 29.2. The lowest BCUT2D eigenvalue weighted by atomic mass is 10.2. The highest BCUT2D eigenvalue weighted by Crippen LogP contribution is 2.18. The largest absolute Gasteiger partial charge is 0.352 e. The van der Waals surface area contributed by atoms with Gasteiger partial charge in [0.1, 0.15) is 5.15 Å². The SMILES string of the molecule is Cc1cc(C(=O)N(C)CC(=O)NC2CC2)cc(Cl)n1. The van der Waals surface area contributed by atoms with Gasteiger partial charge in [0.15, 0.2) is 0 Å². The highest BCUT2D eigenvalue weighted by atomic mass is 35.5. The molecule has 1 N–H and O–H groups in total. The van der Waals surface area contributed by atoms with E-state index in [-0.39, 0.29) is 23.5 Å². The van der Waals surface area contributed by atoms with Crippen molar-refractivity contribution in [1.82, 2.24) is 15.2 Å². The number of nitrogens with one attached hydrogen (secondary N) is 1. The second kappa shape index (κ2) is 5.57. The molecule has 1 saturated carbocycles. The molecule has 2 amide bonds. The smallest absolute Gasteiger partial charge is 0.254 e. The van der Waals surface area contributed by atoms with E-state index in [0.29, 0.717) is 17.3 Å². The fourth-order valence-electron chi connectivity index (χ4n) is 1.76. The van der Waals surface area contributed by atoms with Crippen molar-refractivity contribution in [3.63, 3.8) is 0 Å². The van der Waals surface area contributed by atoms with E-state index in [2.05, 4.69) is 10.3 Å². The van der Waals surface area contributed by atoms with Crippen molar-refractivity contribution in [2.75, 3.05) is 13.6 Å². The second-order valence-electron chi connectivity index (χ2n) is 4.82. The predicted octanol–water partition coefficient (Wildman–Crippen LogP) is 1.39. The number of carbonyl (C=O) groups excluding carboxylic acids is 2. The van der Waals surface area contributed by atoms with Crippen LogP contribution in [-0.2, 0) is 4.79 Å². The highest BCUT2D eigenvalue weighted by molar-refractivity contribution is 6.29. The number of rotatable bonds is 4. The van der Waals surface area contributed by atoms with Crippen molar-refractivity contribution in [3.05, 3.63) is 28.5 Å². The van der Waals surface area contributed by atoms with Crippen molar-refractivity contribution >= 4 is 23.4 Å². The quantitative estimate of drug-likeness (QED) is 0.849. The Labute approximate surface area is 117 Å². The molecule has 5 nitrogen and oxygen atoms in total. The van der Waals surface area contributed by atoms with Crippen LogP contribution in [0.15, 0.2) is 12.1 Å². The zero-order chi connectivity index (χ0) is 14.0. The normalized spacial score (nSPS) is 14.1. The van der Waals surface area contributed by atoms with Gasteiger partial charge in [-0.1, -0.05) is 11.6 Å². The van der Waals surface area contributed by atoms with E-state index < -0.39 is 0 Å². The minimum atomic E-state index is -0.238. The number of likely N-dealkylation sites (N-methyl/N-ethyl adjacent to an activating group) is 1. The Balaban J connectivity index is 1.98. The third kappa shape index (κ3) is 3.92. The van der Waals surface area contributed by atoms with E-state index in [4.69, 9.17) is 11.6 Å². The average molecular weight is 282 g/mol. The van der Waals surface area contributed by atoms with E-state index in [0.717, 1.165) is 12.8 Å². The Morgan fingerprint density at radius 2 is 2.16 bits per heavy atom. The maximum absolute atomic E-state index is 12.1. The van der Waals surface area contributed by atoms with Gasteiger partial charge in [0.25, 0.3) is 5.91 Å². The lowest BCUT2D eigenvalue weighted by Crippen LogP contribution is -2.39. The molecule has 2 rings (SSSR count). The molecule has 0 atom stereocenters. The van der Waals surface area contributed by atoms with Crippen LogP contribution in [0.3, 0.4) is 0 Å². The lowest BCUT2D eigenvalue weighted by molar-refractivity contribution is -0.121. The number of aromatic nitrogens is 1. The Bertz CT molecular complexity index is 494. The van der Waals surface area contributed by atoms with E-state index in [1.165, 1.54) is 11.0 Å². The summed E-state index contributed by atoms with van der Waals surface area (Å²) in [6.07, 6.45) is 2.06. The van der Waals surface area contributed by atoms with Crippen molar-refractivity contribution in [2.45, 2.75) is 25.8 Å². The molecule has 1 heterocycles. The van der Waals surface area contributed by atoms with Gasteiger partial charge in [-0.2, -0.15) is 0 Å². The molecule has 19 heavy (non-hydrogen) atoms. The molecule has 1 aromatic heterocycles. The van der Waals surface area contributed by atoms with Crippen LogP contribution in [0.1, 0.15) is 28.9 Å². The number of carbonyl (C=O) groups is 2. The van der Waals surface area contributed by atoms with Gasteiger partial charge in [0.05, 0.1) is 6.54 Å². The molecular weight excluding hydrogens is 266 g/mol. The Morgan fingerprint density at radius 3 is 2.74 bits per heavy atom. The van der Waals surface area contributed by atoms with Gasteiger partial charge in [0.2, 0.25) is 5.91 Å². The fraction of sp³-hybridized carbons (Fsp3) is 0.462. The molecule has 6 heteroatoms. The van der Waals surface area contributed by atoms with Crippen LogP contribution >= 0.6 is 11.6 Å². The number of halogens is 1. The van der Waals surface area contributed by atoms with Crippen LogP contribution in [0.2, 0.25) is 5.15 Å². The highest BCUT2D eigenvalue weighted by Gasteiger charge is 2.24. The van der Waals surface area contributed by atoms with Crippen molar-refractivity contribution in [3.8, 4) is 0 Å². The average Bonchev–Trinajstić information content (AvgIpc) is 3.10. The van der Waals surface area contributed by atoms with Crippen LogP contribution in [0.4, 0.5) is 0 Å². The van der Waals surface area contributed by atoms with Crippen molar-refractivity contribution < 1.29 is 9.59 Å².